The van der Waals surface area contributed by atoms with Crippen LogP contribution < -0.4 is 0 Å². The Morgan fingerprint density at radius 1 is 1.16 bits per heavy atom. The quantitative estimate of drug-likeness (QED) is 0.420. The van der Waals surface area contributed by atoms with Gasteiger partial charge in [-0.05, 0) is 57.8 Å². The number of carbonyl (C=O) groups excluding carboxylic acids is 2. The van der Waals surface area contributed by atoms with Gasteiger partial charge in [0.05, 0.1) is 11.3 Å². The third-order valence-corrected chi connectivity index (χ3v) is 4.80. The van der Waals surface area contributed by atoms with Crippen LogP contribution in [0.4, 0.5) is 8.78 Å². The molecule has 0 aliphatic rings. The van der Waals surface area contributed by atoms with E-state index in [2.05, 4.69) is 31.1 Å². The fourth-order valence-corrected chi connectivity index (χ4v) is 3.02. The standard InChI is InChI=1S/C11H11BrO2.C11H12F2N4O/c1-11(2,7-14)10-5-9(12)4-3-8(10)6-13;1-17(2)6-8-4-3-7(5-14-8)10-15-16-11(18-10)9(12)13/h3-7H,1-2H3;3-5,9H,6H2,1-2H3. The molecular weight excluding hydrogens is 486 g/mol. The number of aromatic nitrogens is 3. The number of rotatable bonds is 7. The number of hydrogen-bond donors (Lipinski definition) is 0. The molecule has 0 N–H and O–H groups in total. The Kier molecular flexibility index (Phi) is 8.85. The summed E-state index contributed by atoms with van der Waals surface area (Å²) in [5.74, 6) is -0.628. The first kappa shape index (κ1) is 25.4. The van der Waals surface area contributed by atoms with Crippen molar-refractivity contribution in [3.63, 3.8) is 0 Å². The van der Waals surface area contributed by atoms with Gasteiger partial charge in [-0.15, -0.1) is 10.2 Å². The Bertz CT molecular complexity index is 1050. The van der Waals surface area contributed by atoms with Gasteiger partial charge < -0.3 is 14.1 Å². The van der Waals surface area contributed by atoms with E-state index in [1.54, 1.807) is 44.2 Å². The fraction of sp³-hybridized carbons (Fsp3) is 0.318. The van der Waals surface area contributed by atoms with Gasteiger partial charge >= 0.3 is 6.43 Å². The van der Waals surface area contributed by atoms with Crippen LogP contribution in [0.5, 0.6) is 0 Å². The van der Waals surface area contributed by atoms with Crippen LogP contribution in [0.1, 0.15) is 47.8 Å². The van der Waals surface area contributed by atoms with Crippen molar-refractivity contribution in [1.82, 2.24) is 20.1 Å². The van der Waals surface area contributed by atoms with Crippen molar-refractivity contribution in [2.24, 2.45) is 0 Å². The van der Waals surface area contributed by atoms with Crippen molar-refractivity contribution >= 4 is 28.5 Å². The molecule has 1 aromatic carbocycles. The second-order valence-electron chi connectivity index (χ2n) is 7.71. The van der Waals surface area contributed by atoms with Crippen molar-refractivity contribution in [3.8, 4) is 11.5 Å². The second kappa shape index (κ2) is 11.1. The van der Waals surface area contributed by atoms with E-state index in [0.717, 1.165) is 28.3 Å². The average molecular weight is 509 g/mol. The van der Waals surface area contributed by atoms with Gasteiger partial charge in [-0.2, -0.15) is 8.78 Å². The molecule has 0 saturated carbocycles. The highest BCUT2D eigenvalue weighted by Crippen LogP contribution is 2.27. The summed E-state index contributed by atoms with van der Waals surface area (Å²) in [6, 6.07) is 8.81. The predicted molar refractivity (Wildman–Crippen MR) is 118 cm³/mol. The third kappa shape index (κ3) is 6.83. The smallest absolute Gasteiger partial charge is 0.314 e. The first-order valence-corrected chi connectivity index (χ1v) is 10.3. The maximum absolute atomic E-state index is 12.3. The number of halogens is 3. The van der Waals surface area contributed by atoms with Gasteiger partial charge in [0.15, 0.2) is 0 Å². The summed E-state index contributed by atoms with van der Waals surface area (Å²) >= 11 is 3.32. The highest BCUT2D eigenvalue weighted by Gasteiger charge is 2.23. The van der Waals surface area contributed by atoms with E-state index in [9.17, 15) is 18.4 Å². The number of hydrogen-bond acceptors (Lipinski definition) is 7. The molecular formula is C22H23BrF2N4O3. The lowest BCUT2D eigenvalue weighted by molar-refractivity contribution is -0.111. The molecule has 0 aliphatic heterocycles. The van der Waals surface area contributed by atoms with Gasteiger partial charge in [-0.1, -0.05) is 22.0 Å². The van der Waals surface area contributed by atoms with Crippen LogP contribution in [0.15, 0.2) is 45.4 Å². The van der Waals surface area contributed by atoms with E-state index in [1.807, 2.05) is 19.0 Å². The minimum absolute atomic E-state index is 0.0502. The molecule has 0 aliphatic carbocycles. The van der Waals surface area contributed by atoms with E-state index in [-0.39, 0.29) is 5.89 Å². The van der Waals surface area contributed by atoms with Gasteiger partial charge in [-0.3, -0.25) is 9.78 Å². The van der Waals surface area contributed by atoms with E-state index < -0.39 is 17.7 Å². The van der Waals surface area contributed by atoms with Gasteiger partial charge in [0.2, 0.25) is 5.89 Å². The zero-order valence-corrected chi connectivity index (χ0v) is 19.6. The van der Waals surface area contributed by atoms with E-state index >= 15 is 0 Å². The van der Waals surface area contributed by atoms with E-state index in [0.29, 0.717) is 17.7 Å². The van der Waals surface area contributed by atoms with Crippen LogP contribution in [0.2, 0.25) is 0 Å². The molecule has 0 unspecified atom stereocenters. The second-order valence-corrected chi connectivity index (χ2v) is 8.63. The fourth-order valence-electron chi connectivity index (χ4n) is 2.66. The maximum Gasteiger partial charge on any atom is 0.314 e. The lowest BCUT2D eigenvalue weighted by Gasteiger charge is -2.19. The predicted octanol–water partition coefficient (Wildman–Crippen LogP) is 4.87. The highest BCUT2D eigenvalue weighted by molar-refractivity contribution is 9.10. The SMILES string of the molecule is CC(C)(C=O)c1cc(Br)ccc1C=O.CN(C)Cc1ccc(-c2nnc(C(F)F)o2)cn1. The summed E-state index contributed by atoms with van der Waals surface area (Å²) in [7, 11) is 3.87. The molecule has 3 aromatic rings. The van der Waals surface area contributed by atoms with Crippen LogP contribution in [0.3, 0.4) is 0 Å². The number of carbonyl (C=O) groups is 2. The molecule has 170 valence electrons. The number of benzene rings is 1. The van der Waals surface area contributed by atoms with Crippen molar-refractivity contribution in [2.45, 2.75) is 32.2 Å². The lowest BCUT2D eigenvalue weighted by atomic mass is 9.83. The molecule has 7 nitrogen and oxygen atoms in total. The Morgan fingerprint density at radius 2 is 1.88 bits per heavy atom. The van der Waals surface area contributed by atoms with Gasteiger partial charge in [0.1, 0.15) is 12.6 Å². The molecule has 32 heavy (non-hydrogen) atoms. The number of pyridine rings is 1. The largest absolute Gasteiger partial charge is 0.415 e. The third-order valence-electron chi connectivity index (χ3n) is 4.31. The van der Waals surface area contributed by atoms with Crippen LogP contribution in [0.25, 0.3) is 11.5 Å². The van der Waals surface area contributed by atoms with Crippen molar-refractivity contribution in [3.05, 3.63) is 63.7 Å². The summed E-state index contributed by atoms with van der Waals surface area (Å²) in [6.07, 6.45) is 0.392. The van der Waals surface area contributed by atoms with Crippen LogP contribution in [0, 0.1) is 0 Å². The minimum Gasteiger partial charge on any atom is -0.415 e. The molecule has 0 amide bonds. The normalized spacial score (nSPS) is 11.3. The molecule has 0 bridgehead atoms. The lowest BCUT2D eigenvalue weighted by Crippen LogP contribution is -2.20. The van der Waals surface area contributed by atoms with E-state index in [4.69, 9.17) is 4.42 Å². The molecule has 0 spiro atoms. The van der Waals surface area contributed by atoms with Crippen LogP contribution >= 0.6 is 15.9 Å². The Morgan fingerprint density at radius 3 is 2.38 bits per heavy atom. The summed E-state index contributed by atoms with van der Waals surface area (Å²) in [4.78, 5) is 27.8. The monoisotopic (exact) mass is 508 g/mol. The molecule has 10 heteroatoms. The molecule has 0 fully saturated rings. The molecule has 2 heterocycles. The summed E-state index contributed by atoms with van der Waals surface area (Å²) in [5.41, 5.74) is 2.08. The van der Waals surface area contributed by atoms with Crippen molar-refractivity contribution in [1.29, 1.82) is 0 Å². The summed E-state index contributed by atoms with van der Waals surface area (Å²) in [6.45, 7) is 4.27. The first-order chi connectivity index (χ1) is 15.1. The molecule has 0 atom stereocenters. The number of alkyl halides is 2. The van der Waals surface area contributed by atoms with Gasteiger partial charge in [-0.25, -0.2) is 0 Å². The zero-order valence-electron chi connectivity index (χ0n) is 18.1. The van der Waals surface area contributed by atoms with Gasteiger partial charge in [0, 0.05) is 28.2 Å². The van der Waals surface area contributed by atoms with Crippen LogP contribution in [-0.2, 0) is 16.8 Å². The maximum atomic E-state index is 12.3. The van der Waals surface area contributed by atoms with Crippen molar-refractivity contribution in [2.75, 3.05) is 14.1 Å². The first-order valence-electron chi connectivity index (χ1n) is 9.50. The summed E-state index contributed by atoms with van der Waals surface area (Å²) in [5, 5.41) is 6.81. The summed E-state index contributed by atoms with van der Waals surface area (Å²) < 4.78 is 30.3. The van der Waals surface area contributed by atoms with Crippen molar-refractivity contribution < 1.29 is 22.8 Å². The molecule has 0 saturated heterocycles. The molecule has 2 aromatic heterocycles. The molecule has 3 rings (SSSR count). The van der Waals surface area contributed by atoms with E-state index in [1.165, 1.54) is 6.20 Å². The topological polar surface area (TPSA) is 89.2 Å². The Hall–Kier alpha value is -2.85. The average Bonchev–Trinajstić information content (AvgIpc) is 3.25. The highest BCUT2D eigenvalue weighted by atomic mass is 79.9. The minimum atomic E-state index is -2.76. The Balaban J connectivity index is 0.000000235. The number of nitrogens with zero attached hydrogens (tertiary/aromatic N) is 4. The molecule has 0 radical (unpaired) electrons. The zero-order chi connectivity index (χ0) is 23.9. The Labute approximate surface area is 193 Å². The number of aldehydes is 2. The van der Waals surface area contributed by atoms with Gasteiger partial charge in [0.25, 0.3) is 5.89 Å². The van der Waals surface area contributed by atoms with Crippen LogP contribution in [-0.4, -0.2) is 46.7 Å².